The molecule has 17 heavy (non-hydrogen) atoms. The number of halogens is 1. The maximum Gasteiger partial charge on any atom is 0.212 e. The standard InChI is InChI=1S/C11H13N5.ClH/c1-8-3-2-4-10-9(8)7-16(14-10)15-11-12-5-6-13-11;/h2-4,7H,5-6H2,1H3,(H2,12,13,15);1H. The number of guanidine groups is 1. The minimum absolute atomic E-state index is 0. The Morgan fingerprint density at radius 1 is 1.41 bits per heavy atom. The summed E-state index contributed by atoms with van der Waals surface area (Å²) in [6.45, 7) is 3.80. The second kappa shape index (κ2) is 4.63. The average Bonchev–Trinajstić information content (AvgIpc) is 2.88. The zero-order valence-corrected chi connectivity index (χ0v) is 10.3. The van der Waals surface area contributed by atoms with Gasteiger partial charge in [-0.2, -0.15) is 9.89 Å². The molecular formula is C11H14ClN5. The fraction of sp³-hybridized carbons (Fsp3) is 0.273. The number of hydrogen-bond donors (Lipinski definition) is 2. The predicted octanol–water partition coefficient (Wildman–Crippen LogP) is 1.27. The van der Waals surface area contributed by atoms with Crippen molar-refractivity contribution in [2.75, 3.05) is 18.5 Å². The Bertz CT molecular complexity index is 560. The van der Waals surface area contributed by atoms with Gasteiger partial charge in [0.2, 0.25) is 5.96 Å². The van der Waals surface area contributed by atoms with E-state index in [9.17, 15) is 0 Å². The number of nitrogens with one attached hydrogen (secondary N) is 2. The number of rotatable bonds is 1. The van der Waals surface area contributed by atoms with E-state index in [1.54, 1.807) is 4.79 Å². The van der Waals surface area contributed by atoms with Crippen LogP contribution in [0.5, 0.6) is 0 Å². The Hall–Kier alpha value is -1.75. The average molecular weight is 252 g/mol. The van der Waals surface area contributed by atoms with Crippen molar-refractivity contribution in [1.82, 2.24) is 15.2 Å². The SMILES string of the molecule is Cc1cccc2nn(NC3=NCCN3)cc12.Cl. The van der Waals surface area contributed by atoms with Crippen LogP contribution >= 0.6 is 12.4 Å². The van der Waals surface area contributed by atoms with Crippen LogP contribution in [0.2, 0.25) is 0 Å². The molecule has 0 saturated carbocycles. The van der Waals surface area contributed by atoms with Crippen molar-refractivity contribution in [1.29, 1.82) is 0 Å². The quantitative estimate of drug-likeness (QED) is 0.803. The van der Waals surface area contributed by atoms with Crippen molar-refractivity contribution >= 4 is 29.3 Å². The molecule has 3 rings (SSSR count). The highest BCUT2D eigenvalue weighted by atomic mass is 35.5. The highest BCUT2D eigenvalue weighted by molar-refractivity contribution is 5.89. The van der Waals surface area contributed by atoms with Gasteiger partial charge < -0.3 is 5.32 Å². The molecule has 0 aliphatic carbocycles. The number of aryl methyl sites for hydroxylation is 1. The molecule has 1 aliphatic heterocycles. The van der Waals surface area contributed by atoms with E-state index in [1.165, 1.54) is 5.56 Å². The Morgan fingerprint density at radius 2 is 2.29 bits per heavy atom. The molecule has 0 saturated heterocycles. The summed E-state index contributed by atoms with van der Waals surface area (Å²) in [5.74, 6) is 0.783. The van der Waals surface area contributed by atoms with Gasteiger partial charge in [-0.1, -0.05) is 12.1 Å². The summed E-state index contributed by atoms with van der Waals surface area (Å²) >= 11 is 0. The minimum Gasteiger partial charge on any atom is -0.353 e. The maximum absolute atomic E-state index is 4.42. The molecule has 0 amide bonds. The molecule has 1 aromatic heterocycles. The Morgan fingerprint density at radius 3 is 3.00 bits per heavy atom. The molecule has 2 N–H and O–H groups in total. The number of fused-ring (bicyclic) bond motifs is 1. The molecule has 5 nitrogen and oxygen atoms in total. The maximum atomic E-state index is 4.42. The summed E-state index contributed by atoms with van der Waals surface area (Å²) in [5.41, 5.74) is 5.32. The van der Waals surface area contributed by atoms with Crippen molar-refractivity contribution in [3.8, 4) is 0 Å². The Kier molecular flexibility index (Phi) is 3.19. The molecule has 2 heterocycles. The van der Waals surface area contributed by atoms with Crippen LogP contribution in [-0.4, -0.2) is 28.9 Å². The van der Waals surface area contributed by atoms with Gasteiger partial charge in [0.05, 0.1) is 18.3 Å². The number of aliphatic imine (C=N–C) groups is 1. The molecule has 0 fully saturated rings. The van der Waals surface area contributed by atoms with Gasteiger partial charge in [0.15, 0.2) is 0 Å². The van der Waals surface area contributed by atoms with E-state index in [-0.39, 0.29) is 12.4 Å². The molecule has 0 spiro atoms. The fourth-order valence-electron chi connectivity index (χ4n) is 1.83. The van der Waals surface area contributed by atoms with Crippen LogP contribution in [0.4, 0.5) is 0 Å². The molecular weight excluding hydrogens is 238 g/mol. The third kappa shape index (κ3) is 2.19. The summed E-state index contributed by atoms with van der Waals surface area (Å²) in [6, 6.07) is 6.10. The van der Waals surface area contributed by atoms with Gasteiger partial charge in [0.25, 0.3) is 0 Å². The summed E-state index contributed by atoms with van der Waals surface area (Å²) < 4.78 is 0. The lowest BCUT2D eigenvalue weighted by molar-refractivity contribution is 0.816. The van der Waals surface area contributed by atoms with Crippen molar-refractivity contribution in [2.45, 2.75) is 6.92 Å². The molecule has 0 atom stereocenters. The van der Waals surface area contributed by atoms with Crippen molar-refractivity contribution in [3.05, 3.63) is 30.0 Å². The highest BCUT2D eigenvalue weighted by Gasteiger charge is 2.07. The monoisotopic (exact) mass is 251 g/mol. The summed E-state index contributed by atoms with van der Waals surface area (Å²) in [5, 5.41) is 8.72. The number of hydrogen-bond acceptors (Lipinski definition) is 4. The van der Waals surface area contributed by atoms with E-state index in [0.29, 0.717) is 0 Å². The lowest BCUT2D eigenvalue weighted by atomic mass is 10.2. The fourth-order valence-corrected chi connectivity index (χ4v) is 1.83. The lowest BCUT2D eigenvalue weighted by Crippen LogP contribution is -2.32. The summed E-state index contributed by atoms with van der Waals surface area (Å²) in [4.78, 5) is 5.96. The molecule has 0 unspecified atom stereocenters. The minimum atomic E-state index is 0. The molecule has 0 radical (unpaired) electrons. The van der Waals surface area contributed by atoms with Crippen molar-refractivity contribution < 1.29 is 0 Å². The zero-order valence-electron chi connectivity index (χ0n) is 9.47. The van der Waals surface area contributed by atoms with E-state index in [2.05, 4.69) is 33.8 Å². The van der Waals surface area contributed by atoms with Crippen LogP contribution in [-0.2, 0) is 0 Å². The lowest BCUT2D eigenvalue weighted by Gasteiger charge is -2.04. The van der Waals surface area contributed by atoms with E-state index in [1.807, 2.05) is 18.3 Å². The molecule has 0 bridgehead atoms. The van der Waals surface area contributed by atoms with Crippen LogP contribution in [0, 0.1) is 6.92 Å². The van der Waals surface area contributed by atoms with Gasteiger partial charge in [-0.15, -0.1) is 12.4 Å². The topological polar surface area (TPSA) is 54.2 Å². The first kappa shape index (κ1) is 11.7. The van der Waals surface area contributed by atoms with Gasteiger partial charge in [-0.3, -0.25) is 0 Å². The van der Waals surface area contributed by atoms with Crippen LogP contribution in [0.1, 0.15) is 5.56 Å². The van der Waals surface area contributed by atoms with Crippen LogP contribution in [0.3, 0.4) is 0 Å². The summed E-state index contributed by atoms with van der Waals surface area (Å²) in [6.07, 6.45) is 1.98. The second-order valence-corrected chi connectivity index (χ2v) is 3.85. The highest BCUT2D eigenvalue weighted by Crippen LogP contribution is 2.15. The van der Waals surface area contributed by atoms with Crippen LogP contribution in [0.25, 0.3) is 10.9 Å². The molecule has 6 heteroatoms. The van der Waals surface area contributed by atoms with Gasteiger partial charge in [0, 0.05) is 11.9 Å². The number of aromatic nitrogens is 2. The smallest absolute Gasteiger partial charge is 0.212 e. The third-order valence-corrected chi connectivity index (χ3v) is 2.66. The molecule has 2 aromatic rings. The largest absolute Gasteiger partial charge is 0.353 e. The number of benzene rings is 1. The molecule has 1 aromatic carbocycles. The first-order chi connectivity index (χ1) is 7.83. The Labute approximate surface area is 105 Å². The first-order valence-electron chi connectivity index (χ1n) is 5.33. The van der Waals surface area contributed by atoms with Gasteiger partial charge in [0.1, 0.15) is 0 Å². The van der Waals surface area contributed by atoms with Gasteiger partial charge >= 0.3 is 0 Å². The van der Waals surface area contributed by atoms with E-state index in [4.69, 9.17) is 0 Å². The van der Waals surface area contributed by atoms with E-state index >= 15 is 0 Å². The summed E-state index contributed by atoms with van der Waals surface area (Å²) in [7, 11) is 0. The third-order valence-electron chi connectivity index (χ3n) is 2.66. The number of nitrogens with zero attached hydrogens (tertiary/aromatic N) is 3. The first-order valence-corrected chi connectivity index (χ1v) is 5.33. The predicted molar refractivity (Wildman–Crippen MR) is 71.4 cm³/mol. The van der Waals surface area contributed by atoms with E-state index < -0.39 is 0 Å². The normalized spacial score (nSPS) is 14.1. The van der Waals surface area contributed by atoms with Gasteiger partial charge in [-0.25, -0.2) is 10.4 Å². The molecule has 1 aliphatic rings. The molecule has 90 valence electrons. The van der Waals surface area contributed by atoms with Crippen LogP contribution in [0.15, 0.2) is 29.4 Å². The van der Waals surface area contributed by atoms with Crippen molar-refractivity contribution in [2.24, 2.45) is 4.99 Å². The Balaban J connectivity index is 0.00000108. The van der Waals surface area contributed by atoms with Crippen LogP contribution < -0.4 is 10.7 Å². The van der Waals surface area contributed by atoms with Crippen molar-refractivity contribution in [3.63, 3.8) is 0 Å². The second-order valence-electron chi connectivity index (χ2n) is 3.85. The zero-order chi connectivity index (χ0) is 11.0. The van der Waals surface area contributed by atoms with E-state index in [0.717, 1.165) is 30.0 Å². The van der Waals surface area contributed by atoms with Gasteiger partial charge in [-0.05, 0) is 18.6 Å².